The van der Waals surface area contributed by atoms with E-state index in [1.54, 1.807) is 6.20 Å². The lowest BCUT2D eigenvalue weighted by atomic mass is 10.1. The largest absolute Gasteiger partial charge is 0.389 e. The highest BCUT2D eigenvalue weighted by Gasteiger charge is 2.11. The van der Waals surface area contributed by atoms with Crippen molar-refractivity contribution in [2.24, 2.45) is 5.73 Å². The molecule has 2 aromatic rings. The summed E-state index contributed by atoms with van der Waals surface area (Å²) in [5.74, 6) is 0.829. The van der Waals surface area contributed by atoms with E-state index in [2.05, 4.69) is 37.1 Å². The fourth-order valence-corrected chi connectivity index (χ4v) is 3.15. The zero-order valence-corrected chi connectivity index (χ0v) is 12.9. The maximum absolute atomic E-state index is 5.55. The second-order valence-corrected chi connectivity index (χ2v) is 6.43. The van der Waals surface area contributed by atoms with Crippen LogP contribution in [0.3, 0.4) is 0 Å². The molecule has 1 atom stereocenters. The standard InChI is InChI=1S/C14H17N3S2/c1-8-6-12(10(3)19-8)9(2)17-13-5-4-11(7-16-13)14(15)18/h4-7,9H,1-3H3,(H2,15,18)(H,16,17). The quantitative estimate of drug-likeness (QED) is 0.846. The van der Waals surface area contributed by atoms with E-state index in [9.17, 15) is 0 Å². The summed E-state index contributed by atoms with van der Waals surface area (Å²) in [6, 6.07) is 6.24. The molecule has 0 radical (unpaired) electrons. The van der Waals surface area contributed by atoms with E-state index >= 15 is 0 Å². The molecule has 0 aromatic carbocycles. The Morgan fingerprint density at radius 2 is 2.16 bits per heavy atom. The normalized spacial score (nSPS) is 12.2. The highest BCUT2D eigenvalue weighted by Crippen LogP contribution is 2.28. The van der Waals surface area contributed by atoms with Crippen LogP contribution in [0.5, 0.6) is 0 Å². The lowest BCUT2D eigenvalue weighted by Gasteiger charge is -2.14. The molecule has 0 amide bonds. The van der Waals surface area contributed by atoms with Gasteiger partial charge in [0.15, 0.2) is 0 Å². The summed E-state index contributed by atoms with van der Waals surface area (Å²) >= 11 is 6.73. The maximum atomic E-state index is 5.55. The number of thiophene rings is 1. The molecule has 0 fully saturated rings. The second kappa shape index (κ2) is 5.67. The summed E-state index contributed by atoms with van der Waals surface area (Å²) in [7, 11) is 0. The van der Waals surface area contributed by atoms with Crippen LogP contribution in [-0.2, 0) is 0 Å². The van der Waals surface area contributed by atoms with Crippen molar-refractivity contribution in [3.63, 3.8) is 0 Å². The van der Waals surface area contributed by atoms with Gasteiger partial charge in [0.1, 0.15) is 10.8 Å². The molecule has 2 heterocycles. The number of nitrogens with one attached hydrogen (secondary N) is 1. The van der Waals surface area contributed by atoms with Gasteiger partial charge in [0.05, 0.1) is 6.04 Å². The summed E-state index contributed by atoms with van der Waals surface area (Å²) in [5, 5.41) is 3.39. The number of hydrogen-bond donors (Lipinski definition) is 2. The summed E-state index contributed by atoms with van der Waals surface area (Å²) in [6.45, 7) is 6.41. The van der Waals surface area contributed by atoms with Crippen LogP contribution in [0.25, 0.3) is 0 Å². The third-order valence-electron chi connectivity index (χ3n) is 2.96. The van der Waals surface area contributed by atoms with Crippen molar-refractivity contribution in [2.75, 3.05) is 5.32 Å². The predicted octanol–water partition coefficient (Wildman–Crippen LogP) is 3.57. The smallest absolute Gasteiger partial charge is 0.126 e. The maximum Gasteiger partial charge on any atom is 0.126 e. The van der Waals surface area contributed by atoms with Gasteiger partial charge in [0.25, 0.3) is 0 Å². The summed E-state index contributed by atoms with van der Waals surface area (Å²) in [6.07, 6.45) is 1.70. The number of anilines is 1. The van der Waals surface area contributed by atoms with E-state index in [1.807, 2.05) is 23.5 Å². The van der Waals surface area contributed by atoms with E-state index in [1.165, 1.54) is 15.3 Å². The van der Waals surface area contributed by atoms with Crippen LogP contribution in [0.4, 0.5) is 5.82 Å². The number of rotatable bonds is 4. The number of nitrogens with zero attached hydrogens (tertiary/aromatic N) is 1. The Kier molecular flexibility index (Phi) is 4.17. The van der Waals surface area contributed by atoms with Crippen LogP contribution in [0.15, 0.2) is 24.4 Å². The van der Waals surface area contributed by atoms with Crippen LogP contribution in [0.2, 0.25) is 0 Å². The minimum absolute atomic E-state index is 0.230. The molecule has 2 aromatic heterocycles. The molecular weight excluding hydrogens is 274 g/mol. The first-order valence-electron chi connectivity index (χ1n) is 6.06. The van der Waals surface area contributed by atoms with Crippen LogP contribution in [0, 0.1) is 13.8 Å². The van der Waals surface area contributed by atoms with Crippen molar-refractivity contribution in [3.8, 4) is 0 Å². The average molecular weight is 291 g/mol. The van der Waals surface area contributed by atoms with Crippen molar-refractivity contribution in [1.29, 1.82) is 0 Å². The first-order valence-corrected chi connectivity index (χ1v) is 7.29. The van der Waals surface area contributed by atoms with E-state index in [-0.39, 0.29) is 6.04 Å². The van der Waals surface area contributed by atoms with E-state index in [0.717, 1.165) is 11.4 Å². The van der Waals surface area contributed by atoms with Crippen LogP contribution >= 0.6 is 23.6 Å². The van der Waals surface area contributed by atoms with E-state index < -0.39 is 0 Å². The fourth-order valence-electron chi connectivity index (χ4n) is 2.00. The molecule has 2 rings (SSSR count). The highest BCUT2D eigenvalue weighted by atomic mass is 32.1. The molecule has 3 N–H and O–H groups in total. The minimum atomic E-state index is 0.230. The first kappa shape index (κ1) is 14.0. The topological polar surface area (TPSA) is 50.9 Å². The molecule has 0 aliphatic rings. The number of hydrogen-bond acceptors (Lipinski definition) is 4. The molecule has 0 aliphatic heterocycles. The molecule has 0 aliphatic carbocycles. The van der Waals surface area contributed by atoms with Gasteiger partial charge in [-0.2, -0.15) is 0 Å². The predicted molar refractivity (Wildman–Crippen MR) is 86.0 cm³/mol. The molecule has 5 heteroatoms. The second-order valence-electron chi connectivity index (χ2n) is 4.53. The molecule has 0 bridgehead atoms. The van der Waals surface area contributed by atoms with E-state index in [0.29, 0.717) is 4.99 Å². The lowest BCUT2D eigenvalue weighted by Crippen LogP contribution is -2.11. The molecular formula is C14H17N3S2. The Bertz CT molecular complexity index is 587. The lowest BCUT2D eigenvalue weighted by molar-refractivity contribution is 0.872. The number of nitrogens with two attached hydrogens (primary N) is 1. The van der Waals surface area contributed by atoms with Crippen LogP contribution < -0.4 is 11.1 Å². The number of aromatic nitrogens is 1. The molecule has 19 heavy (non-hydrogen) atoms. The van der Waals surface area contributed by atoms with Crippen molar-refractivity contribution in [2.45, 2.75) is 26.8 Å². The third-order valence-corrected chi connectivity index (χ3v) is 4.18. The molecule has 0 spiro atoms. The fraction of sp³-hybridized carbons (Fsp3) is 0.286. The molecule has 0 saturated heterocycles. The zero-order valence-electron chi connectivity index (χ0n) is 11.2. The van der Waals surface area contributed by atoms with Crippen LogP contribution in [0.1, 0.15) is 33.8 Å². The Morgan fingerprint density at radius 3 is 2.63 bits per heavy atom. The van der Waals surface area contributed by atoms with Gasteiger partial charge in [-0.15, -0.1) is 11.3 Å². The third kappa shape index (κ3) is 3.30. The van der Waals surface area contributed by atoms with Gasteiger partial charge in [0.2, 0.25) is 0 Å². The summed E-state index contributed by atoms with van der Waals surface area (Å²) in [4.78, 5) is 7.37. The number of aryl methyl sites for hydroxylation is 2. The molecule has 1 unspecified atom stereocenters. The van der Waals surface area contributed by atoms with Crippen LogP contribution in [-0.4, -0.2) is 9.97 Å². The molecule has 0 saturated carbocycles. The van der Waals surface area contributed by atoms with Gasteiger partial charge < -0.3 is 11.1 Å². The van der Waals surface area contributed by atoms with Crippen molar-refractivity contribution < 1.29 is 0 Å². The van der Waals surface area contributed by atoms with Gasteiger partial charge in [0, 0.05) is 21.5 Å². The van der Waals surface area contributed by atoms with Crippen molar-refractivity contribution in [1.82, 2.24) is 4.98 Å². The van der Waals surface area contributed by atoms with Crippen molar-refractivity contribution in [3.05, 3.63) is 45.3 Å². The Labute approximate surface area is 122 Å². The van der Waals surface area contributed by atoms with E-state index in [4.69, 9.17) is 18.0 Å². The van der Waals surface area contributed by atoms with Gasteiger partial charge in [-0.3, -0.25) is 0 Å². The summed E-state index contributed by atoms with van der Waals surface area (Å²) < 4.78 is 0. The van der Waals surface area contributed by atoms with Gasteiger partial charge >= 0.3 is 0 Å². The number of thiocarbonyl (C=S) groups is 1. The minimum Gasteiger partial charge on any atom is -0.389 e. The highest BCUT2D eigenvalue weighted by molar-refractivity contribution is 7.80. The van der Waals surface area contributed by atoms with Crippen molar-refractivity contribution >= 4 is 34.4 Å². The Balaban J connectivity index is 2.12. The van der Waals surface area contributed by atoms with Gasteiger partial charge in [-0.1, -0.05) is 12.2 Å². The first-order chi connectivity index (χ1) is 8.97. The van der Waals surface area contributed by atoms with Gasteiger partial charge in [-0.05, 0) is 44.5 Å². The SMILES string of the molecule is Cc1cc(C(C)Nc2ccc(C(N)=S)cn2)c(C)s1. The molecule has 3 nitrogen and oxygen atoms in total. The average Bonchev–Trinajstić information content (AvgIpc) is 2.69. The Hall–Kier alpha value is -1.46. The zero-order chi connectivity index (χ0) is 14.0. The summed E-state index contributed by atoms with van der Waals surface area (Å²) in [5.41, 5.74) is 7.66. The molecule has 100 valence electrons. The van der Waals surface area contributed by atoms with Gasteiger partial charge in [-0.25, -0.2) is 4.98 Å². The number of pyridine rings is 1. The Morgan fingerprint density at radius 1 is 1.42 bits per heavy atom. The monoisotopic (exact) mass is 291 g/mol.